The van der Waals surface area contributed by atoms with Crippen LogP contribution in [0.4, 0.5) is 0 Å². The molecule has 1 aromatic heterocycles. The lowest BCUT2D eigenvalue weighted by atomic mass is 9.99. The van der Waals surface area contributed by atoms with Gasteiger partial charge < -0.3 is 81.1 Å². The topological polar surface area (TPSA) is 441 Å². The van der Waals surface area contributed by atoms with Crippen molar-refractivity contribution in [3.05, 3.63) is 84.1 Å². The Morgan fingerprint density at radius 1 is 0.674 bits per heavy atom. The van der Waals surface area contributed by atoms with Crippen molar-refractivity contribution in [2.45, 2.75) is 158 Å². The number of H-pyrrole nitrogens is 1. The van der Waals surface area contributed by atoms with E-state index in [0.717, 1.165) is 21.7 Å². The molecule has 464 valence electrons. The second-order valence-corrected chi connectivity index (χ2v) is 21.8. The van der Waals surface area contributed by atoms with Gasteiger partial charge in [0, 0.05) is 63.0 Å². The van der Waals surface area contributed by atoms with Crippen molar-refractivity contribution in [3.63, 3.8) is 0 Å². The number of primary amides is 1. The first-order valence-electron chi connectivity index (χ1n) is 29.3. The monoisotopic (exact) mass is 1190 g/mol. The number of hydrogen-bond donors (Lipinski definition) is 14. The van der Waals surface area contributed by atoms with Gasteiger partial charge in [0.1, 0.15) is 48.3 Å². The van der Waals surface area contributed by atoms with Gasteiger partial charge in [-0.15, -0.1) is 0 Å². The number of aliphatic imine (C=N–C) groups is 2. The molecule has 27 heteroatoms. The summed E-state index contributed by atoms with van der Waals surface area (Å²) in [6.07, 6.45) is 3.46. The molecule has 3 heterocycles. The molecule has 2 aliphatic heterocycles. The molecule has 3 aromatic carbocycles. The maximum Gasteiger partial charge on any atom is 0.246 e. The normalized spacial score (nSPS) is 22.0. The van der Waals surface area contributed by atoms with Gasteiger partial charge in [-0.2, -0.15) is 0 Å². The molecular formula is C59H83N17O10. The average Bonchev–Trinajstić information content (AvgIpc) is 4.30. The van der Waals surface area contributed by atoms with E-state index in [-0.39, 0.29) is 109 Å². The second kappa shape index (κ2) is 32.7. The lowest BCUT2D eigenvalue weighted by molar-refractivity contribution is -0.143. The summed E-state index contributed by atoms with van der Waals surface area (Å²) in [6, 6.07) is 9.73. The van der Waals surface area contributed by atoms with E-state index in [1.807, 2.05) is 61.5 Å². The molecule has 2 saturated heterocycles. The lowest BCUT2D eigenvalue weighted by Crippen LogP contribution is -2.60. The molecule has 6 rings (SSSR count). The number of benzene rings is 3. The summed E-state index contributed by atoms with van der Waals surface area (Å²) < 4.78 is 0. The second-order valence-electron chi connectivity index (χ2n) is 21.8. The van der Waals surface area contributed by atoms with Gasteiger partial charge in [-0.1, -0.05) is 80.4 Å². The molecule has 0 bridgehead atoms. The Hall–Kier alpha value is -9.30. The number of aromatic amines is 1. The SMILES string of the molecule is CCCC[C@H](NC(C)=O)C(=O)N[C@H]1CC(=O)NCCCC[C@@H](C(N)=O)NC(=O)[C@H](CCCN=C(N)N)NC(=O)[C@H](Cc2c[nH]c3ccccc23)NC(=O)[C@H](CCCN=C(N)N)NC(=O)[C@@H](Cc2ccc3ccccc3c2)NC(=O)[C@@H]2CCCN2C1=O. The number of para-hydroxylation sites is 1. The number of unbranched alkanes of at least 4 members (excludes halogenated alkanes) is 1. The molecule has 10 amide bonds. The highest BCUT2D eigenvalue weighted by Crippen LogP contribution is 2.23. The van der Waals surface area contributed by atoms with Crippen LogP contribution in [0.25, 0.3) is 21.7 Å². The van der Waals surface area contributed by atoms with Gasteiger partial charge in [-0.05, 0) is 92.2 Å². The van der Waals surface area contributed by atoms with E-state index in [1.165, 1.54) is 11.8 Å². The lowest BCUT2D eigenvalue weighted by Gasteiger charge is -2.31. The standard InChI is InChI=1S/C59H83N17O10/c1-3-4-17-42(69-34(2)77)51(80)75-47-32-49(78)65-25-10-9-19-41(50(60)79)70-52(81)43(20-11-26-66-58(61)62)72-55(84)46(31-38-33-68-40-18-8-7-16-39(38)40)73-53(82)44(21-12-27-67-59(63)64)71-54(83)45(74-56(85)48-22-13-28-76(48)57(47)86)30-35-23-24-36-14-5-6-15-37(36)29-35/h5-8,14-16,18,23-24,29,33,41-48,68H,3-4,9-13,17,19-22,25-28,30-32H2,1-2H3,(H2,60,79)(H,65,78)(H,69,77)(H,70,81)(H,71,83)(H,72,84)(H,73,82)(H,74,85)(H,75,80)(H4,61,62,66)(H4,63,64,67)/t41-,42-,43-,44-,45+,46-,47-,48-/m0/s1. The number of carbonyl (C=O) groups is 10. The molecule has 0 saturated carbocycles. The number of nitrogens with one attached hydrogen (secondary N) is 9. The molecular weight excluding hydrogens is 1110 g/mol. The highest BCUT2D eigenvalue weighted by molar-refractivity contribution is 6.00. The molecule has 0 aliphatic carbocycles. The molecule has 4 aromatic rings. The number of hydrogen-bond acceptors (Lipinski definition) is 12. The Balaban J connectivity index is 1.42. The van der Waals surface area contributed by atoms with E-state index in [0.29, 0.717) is 30.4 Å². The number of amides is 10. The minimum absolute atomic E-state index is 0.00213. The minimum Gasteiger partial charge on any atom is -0.370 e. The highest BCUT2D eigenvalue weighted by atomic mass is 16.2. The van der Waals surface area contributed by atoms with Crippen LogP contribution in [-0.2, 0) is 60.8 Å². The van der Waals surface area contributed by atoms with Crippen molar-refractivity contribution in [2.75, 3.05) is 26.2 Å². The van der Waals surface area contributed by atoms with Crippen LogP contribution in [0.3, 0.4) is 0 Å². The van der Waals surface area contributed by atoms with Crippen LogP contribution in [0, 0.1) is 0 Å². The maximum absolute atomic E-state index is 15.1. The number of carbonyl (C=O) groups excluding carboxylic acids is 10. The fourth-order valence-electron chi connectivity index (χ4n) is 10.6. The highest BCUT2D eigenvalue weighted by Gasteiger charge is 2.41. The van der Waals surface area contributed by atoms with E-state index >= 15 is 4.79 Å². The fourth-order valence-corrected chi connectivity index (χ4v) is 10.6. The Morgan fingerprint density at radius 3 is 1.93 bits per heavy atom. The predicted octanol–water partition coefficient (Wildman–Crippen LogP) is -1.02. The van der Waals surface area contributed by atoms with E-state index in [4.69, 9.17) is 28.7 Å². The molecule has 0 radical (unpaired) electrons. The first-order valence-corrected chi connectivity index (χ1v) is 29.3. The number of guanidine groups is 2. The number of aromatic nitrogens is 1. The zero-order valence-corrected chi connectivity index (χ0v) is 48.8. The van der Waals surface area contributed by atoms with E-state index in [1.54, 1.807) is 18.3 Å². The van der Waals surface area contributed by atoms with Gasteiger partial charge in [0.05, 0.1) is 6.42 Å². The number of rotatable bonds is 19. The molecule has 19 N–H and O–H groups in total. The summed E-state index contributed by atoms with van der Waals surface area (Å²) in [5, 5.41) is 24.5. The third-order valence-corrected chi connectivity index (χ3v) is 15.1. The van der Waals surface area contributed by atoms with Crippen LogP contribution < -0.4 is 71.2 Å². The molecule has 0 spiro atoms. The van der Waals surface area contributed by atoms with Crippen molar-refractivity contribution >= 4 is 92.7 Å². The zero-order chi connectivity index (χ0) is 62.3. The quantitative estimate of drug-likeness (QED) is 0.0304. The van der Waals surface area contributed by atoms with Crippen molar-refractivity contribution in [1.29, 1.82) is 0 Å². The van der Waals surface area contributed by atoms with Crippen LogP contribution >= 0.6 is 0 Å². The van der Waals surface area contributed by atoms with Crippen molar-refractivity contribution < 1.29 is 47.9 Å². The summed E-state index contributed by atoms with van der Waals surface area (Å²) in [6.45, 7) is 3.31. The molecule has 2 fully saturated rings. The van der Waals surface area contributed by atoms with Gasteiger partial charge in [0.2, 0.25) is 59.1 Å². The fraction of sp³-hybridized carbons (Fsp3) is 0.492. The smallest absolute Gasteiger partial charge is 0.246 e. The number of nitrogens with two attached hydrogens (primary N) is 5. The first-order chi connectivity index (χ1) is 41.2. The van der Waals surface area contributed by atoms with Gasteiger partial charge in [-0.3, -0.25) is 57.9 Å². The molecule has 2 aliphatic rings. The summed E-state index contributed by atoms with van der Waals surface area (Å²) in [5.41, 5.74) is 30.3. The average molecular weight is 1190 g/mol. The van der Waals surface area contributed by atoms with Crippen molar-refractivity contribution in [3.8, 4) is 0 Å². The number of nitrogens with zero attached hydrogens (tertiary/aromatic N) is 3. The molecule has 0 unspecified atom stereocenters. The first kappa shape index (κ1) is 65.8. The van der Waals surface area contributed by atoms with Gasteiger partial charge in [-0.25, -0.2) is 0 Å². The Bertz CT molecular complexity index is 3120. The third-order valence-electron chi connectivity index (χ3n) is 15.1. The van der Waals surface area contributed by atoms with E-state index in [2.05, 4.69) is 57.5 Å². The summed E-state index contributed by atoms with van der Waals surface area (Å²) in [7, 11) is 0. The van der Waals surface area contributed by atoms with Gasteiger partial charge in [0.15, 0.2) is 11.9 Å². The van der Waals surface area contributed by atoms with Crippen molar-refractivity contribution in [1.82, 2.24) is 52.4 Å². The van der Waals surface area contributed by atoms with E-state index in [9.17, 15) is 43.2 Å². The van der Waals surface area contributed by atoms with Gasteiger partial charge >= 0.3 is 0 Å². The summed E-state index contributed by atoms with van der Waals surface area (Å²) in [4.78, 5) is 154. The Labute approximate surface area is 498 Å². The van der Waals surface area contributed by atoms with Crippen LogP contribution in [0.1, 0.15) is 108 Å². The summed E-state index contributed by atoms with van der Waals surface area (Å²) in [5.74, 6) is -7.93. The molecule has 8 atom stereocenters. The van der Waals surface area contributed by atoms with Crippen LogP contribution in [0.5, 0.6) is 0 Å². The van der Waals surface area contributed by atoms with Gasteiger partial charge in [0.25, 0.3) is 0 Å². The number of fused-ring (bicyclic) bond motifs is 3. The zero-order valence-electron chi connectivity index (χ0n) is 48.8. The Kier molecular flexibility index (Phi) is 25.0. The van der Waals surface area contributed by atoms with Crippen LogP contribution in [-0.4, -0.2) is 155 Å². The third kappa shape index (κ3) is 19.9. The largest absolute Gasteiger partial charge is 0.370 e. The molecule has 86 heavy (non-hydrogen) atoms. The van der Waals surface area contributed by atoms with Crippen molar-refractivity contribution in [2.24, 2.45) is 38.7 Å². The minimum atomic E-state index is -1.52. The molecule has 27 nitrogen and oxygen atoms in total. The maximum atomic E-state index is 15.1. The van der Waals surface area contributed by atoms with E-state index < -0.39 is 114 Å². The van der Waals surface area contributed by atoms with Crippen LogP contribution in [0.2, 0.25) is 0 Å². The van der Waals surface area contributed by atoms with Crippen LogP contribution in [0.15, 0.2) is 82.9 Å². The predicted molar refractivity (Wildman–Crippen MR) is 324 cm³/mol. The summed E-state index contributed by atoms with van der Waals surface area (Å²) >= 11 is 0. The Morgan fingerprint density at radius 2 is 1.28 bits per heavy atom.